The molecule has 6 nitrogen and oxygen atoms in total. The van der Waals surface area contributed by atoms with Crippen LogP contribution in [0.15, 0.2) is 59.4 Å². The van der Waals surface area contributed by atoms with Crippen molar-refractivity contribution in [1.29, 1.82) is 0 Å². The third kappa shape index (κ3) is 3.85. The molecule has 5 rings (SSSR count). The van der Waals surface area contributed by atoms with Crippen molar-refractivity contribution in [3.05, 3.63) is 87.6 Å². The predicted molar refractivity (Wildman–Crippen MR) is 116 cm³/mol. The van der Waals surface area contributed by atoms with Gasteiger partial charge in [-0.1, -0.05) is 55.3 Å². The Balaban J connectivity index is 1.37. The van der Waals surface area contributed by atoms with Gasteiger partial charge in [-0.2, -0.15) is 5.10 Å². The molecule has 1 fully saturated rings. The lowest BCUT2D eigenvalue weighted by Crippen LogP contribution is -2.12. The normalized spacial score (nSPS) is 14.4. The largest absolute Gasteiger partial charge is 0.489 e. The van der Waals surface area contributed by atoms with Crippen molar-refractivity contribution < 1.29 is 4.74 Å². The van der Waals surface area contributed by atoms with Crippen LogP contribution in [-0.4, -0.2) is 20.2 Å². The van der Waals surface area contributed by atoms with Gasteiger partial charge in [0.15, 0.2) is 0 Å². The van der Waals surface area contributed by atoms with Crippen LogP contribution in [0.2, 0.25) is 0 Å². The number of benzene rings is 2. The van der Waals surface area contributed by atoms with Crippen LogP contribution < -0.4 is 10.3 Å². The van der Waals surface area contributed by atoms with Crippen LogP contribution in [0.3, 0.4) is 0 Å². The predicted octanol–water partition coefficient (Wildman–Crippen LogP) is 4.47. The number of hydrogen-bond donors (Lipinski definition) is 2. The Morgan fingerprint density at radius 2 is 1.80 bits per heavy atom. The average molecular weight is 400 g/mol. The van der Waals surface area contributed by atoms with Crippen LogP contribution in [0.4, 0.5) is 0 Å². The molecule has 0 radical (unpaired) electrons. The number of nitrogens with one attached hydrogen (secondary N) is 2. The number of rotatable bonds is 6. The van der Waals surface area contributed by atoms with E-state index < -0.39 is 0 Å². The molecule has 0 spiro atoms. The number of H-pyrrole nitrogens is 2. The first-order valence-corrected chi connectivity index (χ1v) is 10.5. The third-order valence-corrected chi connectivity index (χ3v) is 5.76. The molecule has 2 N–H and O–H groups in total. The van der Waals surface area contributed by atoms with E-state index >= 15 is 0 Å². The molecule has 0 amide bonds. The van der Waals surface area contributed by atoms with E-state index in [4.69, 9.17) is 9.72 Å². The van der Waals surface area contributed by atoms with E-state index in [0.29, 0.717) is 30.3 Å². The zero-order valence-electron chi connectivity index (χ0n) is 16.7. The summed E-state index contributed by atoms with van der Waals surface area (Å²) in [7, 11) is 0. The van der Waals surface area contributed by atoms with E-state index in [0.717, 1.165) is 40.9 Å². The zero-order valence-corrected chi connectivity index (χ0v) is 16.7. The summed E-state index contributed by atoms with van der Waals surface area (Å²) in [6.07, 6.45) is 5.19. The van der Waals surface area contributed by atoms with E-state index in [1.54, 1.807) is 0 Å². The number of ether oxygens (including phenoxy) is 1. The van der Waals surface area contributed by atoms with Gasteiger partial charge in [-0.25, -0.2) is 4.98 Å². The van der Waals surface area contributed by atoms with Crippen LogP contribution >= 0.6 is 0 Å². The van der Waals surface area contributed by atoms with Gasteiger partial charge in [0.25, 0.3) is 5.56 Å². The van der Waals surface area contributed by atoms with Crippen LogP contribution in [0.25, 0.3) is 11.0 Å². The minimum absolute atomic E-state index is 0.164. The molecule has 0 bridgehead atoms. The lowest BCUT2D eigenvalue weighted by Gasteiger charge is -2.09. The van der Waals surface area contributed by atoms with Crippen molar-refractivity contribution in [2.45, 2.75) is 44.6 Å². The van der Waals surface area contributed by atoms with Crippen LogP contribution in [0, 0.1) is 0 Å². The maximum absolute atomic E-state index is 12.6. The number of nitrogens with zero attached hydrogens (tertiary/aromatic N) is 2. The van der Waals surface area contributed by atoms with E-state index in [9.17, 15) is 4.79 Å². The van der Waals surface area contributed by atoms with Crippen molar-refractivity contribution in [1.82, 2.24) is 20.2 Å². The summed E-state index contributed by atoms with van der Waals surface area (Å²) in [4.78, 5) is 20.2. The molecule has 2 heterocycles. The van der Waals surface area contributed by atoms with Gasteiger partial charge in [-0.3, -0.25) is 9.89 Å². The zero-order chi connectivity index (χ0) is 20.3. The van der Waals surface area contributed by atoms with Gasteiger partial charge < -0.3 is 9.72 Å². The molecule has 0 aliphatic heterocycles. The molecule has 1 aliphatic rings. The lowest BCUT2D eigenvalue weighted by atomic mass is 10.0. The number of aromatic nitrogens is 4. The highest BCUT2D eigenvalue weighted by Crippen LogP contribution is 2.35. The molecule has 2 aromatic carbocycles. The first kappa shape index (κ1) is 18.6. The van der Waals surface area contributed by atoms with Crippen molar-refractivity contribution >= 4 is 11.0 Å². The van der Waals surface area contributed by atoms with Gasteiger partial charge in [0, 0.05) is 12.3 Å². The first-order valence-electron chi connectivity index (χ1n) is 10.5. The number of aromatic amines is 2. The molecule has 1 aliphatic carbocycles. The Kier molecular flexibility index (Phi) is 5.05. The van der Waals surface area contributed by atoms with E-state index in [-0.39, 0.29) is 5.56 Å². The van der Waals surface area contributed by atoms with Gasteiger partial charge in [0.2, 0.25) is 0 Å². The summed E-state index contributed by atoms with van der Waals surface area (Å²) in [5.41, 5.74) is 4.13. The monoisotopic (exact) mass is 400 g/mol. The molecule has 30 heavy (non-hydrogen) atoms. The molecule has 0 unspecified atom stereocenters. The Bertz CT molecular complexity index is 1210. The fourth-order valence-corrected chi connectivity index (χ4v) is 4.23. The quantitative estimate of drug-likeness (QED) is 0.500. The maximum atomic E-state index is 12.6. The van der Waals surface area contributed by atoms with Crippen molar-refractivity contribution in [2.24, 2.45) is 0 Å². The molecular weight excluding hydrogens is 376 g/mol. The topological polar surface area (TPSA) is 83.7 Å². The second kappa shape index (κ2) is 8.14. The lowest BCUT2D eigenvalue weighted by molar-refractivity contribution is 0.306. The Hall–Kier alpha value is -3.41. The number of fused-ring (bicyclic) bond motifs is 1. The molecular formula is C24H24N4O2. The third-order valence-electron chi connectivity index (χ3n) is 5.76. The maximum Gasteiger partial charge on any atom is 0.276 e. The minimum Gasteiger partial charge on any atom is -0.489 e. The summed E-state index contributed by atoms with van der Waals surface area (Å²) in [6.45, 7) is 0.519. The molecule has 4 aromatic rings. The highest BCUT2D eigenvalue weighted by molar-refractivity contribution is 5.76. The molecule has 2 aromatic heterocycles. The fraction of sp³-hybridized carbons (Fsp3) is 0.292. The summed E-state index contributed by atoms with van der Waals surface area (Å²) in [5, 5.41) is 7.32. The van der Waals surface area contributed by atoms with Crippen molar-refractivity contribution in [2.75, 3.05) is 0 Å². The Labute approximate surface area is 174 Å². The van der Waals surface area contributed by atoms with Gasteiger partial charge in [-0.05, 0) is 36.1 Å². The van der Waals surface area contributed by atoms with Crippen LogP contribution in [0.5, 0.6) is 5.75 Å². The molecule has 0 atom stereocenters. The van der Waals surface area contributed by atoms with Gasteiger partial charge in [-0.15, -0.1) is 0 Å². The highest BCUT2D eigenvalue weighted by atomic mass is 16.5. The molecule has 152 valence electrons. The summed E-state index contributed by atoms with van der Waals surface area (Å²) < 4.78 is 5.93. The summed E-state index contributed by atoms with van der Waals surface area (Å²) in [6, 6.07) is 18.0. The standard InChI is InChI=1S/C24H24N4O2/c29-24-23-22(21(27-28-23)18-10-4-5-11-18)25-20(26-24)14-17-9-6-12-19(13-17)30-15-16-7-2-1-3-8-16/h1-3,6-9,12-13,18H,4-5,10-11,14-15H2,(H,27,28)(H,25,26,29). The highest BCUT2D eigenvalue weighted by Gasteiger charge is 2.23. The smallest absolute Gasteiger partial charge is 0.276 e. The van der Waals surface area contributed by atoms with Crippen LogP contribution in [0.1, 0.15) is 54.2 Å². The van der Waals surface area contributed by atoms with Gasteiger partial charge >= 0.3 is 0 Å². The average Bonchev–Trinajstić information content (AvgIpc) is 3.43. The Morgan fingerprint density at radius 1 is 1.00 bits per heavy atom. The van der Waals surface area contributed by atoms with Crippen molar-refractivity contribution in [3.8, 4) is 5.75 Å². The van der Waals surface area contributed by atoms with Crippen LogP contribution in [-0.2, 0) is 13.0 Å². The first-order chi connectivity index (χ1) is 14.8. The summed E-state index contributed by atoms with van der Waals surface area (Å²) >= 11 is 0. The van der Waals surface area contributed by atoms with Crippen molar-refractivity contribution in [3.63, 3.8) is 0 Å². The van der Waals surface area contributed by atoms with E-state index in [1.165, 1.54) is 12.8 Å². The van der Waals surface area contributed by atoms with Gasteiger partial charge in [0.05, 0.1) is 5.69 Å². The van der Waals surface area contributed by atoms with E-state index in [1.807, 2.05) is 54.6 Å². The van der Waals surface area contributed by atoms with Gasteiger partial charge in [0.1, 0.15) is 29.2 Å². The fourth-order valence-electron chi connectivity index (χ4n) is 4.23. The minimum atomic E-state index is -0.164. The second-order valence-electron chi connectivity index (χ2n) is 7.92. The molecule has 1 saturated carbocycles. The Morgan fingerprint density at radius 3 is 2.63 bits per heavy atom. The molecule has 0 saturated heterocycles. The SMILES string of the molecule is O=c1[nH]c(Cc2cccc(OCc3ccccc3)c2)nc2c(C3CCCC3)n[nH]c12. The number of hydrogen-bond acceptors (Lipinski definition) is 4. The van der Waals surface area contributed by atoms with E-state index in [2.05, 4.69) is 15.2 Å². The summed E-state index contributed by atoms with van der Waals surface area (Å²) in [5.74, 6) is 1.85. The second-order valence-corrected chi connectivity index (χ2v) is 7.92. The molecule has 6 heteroatoms.